The van der Waals surface area contributed by atoms with Gasteiger partial charge in [-0.05, 0) is 23.8 Å². The zero-order chi connectivity index (χ0) is 13.8. The van der Waals surface area contributed by atoms with Crippen molar-refractivity contribution < 1.29 is 14.3 Å². The number of nitrogen functional groups attached to an aromatic ring is 1. The van der Waals surface area contributed by atoms with Crippen molar-refractivity contribution >= 4 is 11.7 Å². The lowest BCUT2D eigenvalue weighted by Gasteiger charge is -2.08. The van der Waals surface area contributed by atoms with Gasteiger partial charge in [0.1, 0.15) is 5.56 Å². The van der Waals surface area contributed by atoms with Gasteiger partial charge in [-0.2, -0.15) is 0 Å². The Kier molecular flexibility index (Phi) is 3.66. The molecule has 0 saturated carbocycles. The van der Waals surface area contributed by atoms with Crippen LogP contribution in [0.3, 0.4) is 0 Å². The molecule has 1 heterocycles. The monoisotopic (exact) mass is 258 g/mol. The van der Waals surface area contributed by atoms with E-state index in [-0.39, 0.29) is 5.88 Å². The minimum atomic E-state index is -0.485. The average molecular weight is 258 g/mol. The second kappa shape index (κ2) is 5.39. The Morgan fingerprint density at radius 2 is 1.84 bits per heavy atom. The molecule has 5 nitrogen and oxygen atoms in total. The van der Waals surface area contributed by atoms with Crippen LogP contribution in [0.4, 0.5) is 5.69 Å². The Balaban J connectivity index is 2.48. The van der Waals surface area contributed by atoms with Gasteiger partial charge in [-0.3, -0.25) is 0 Å². The second-order valence-corrected chi connectivity index (χ2v) is 3.89. The van der Waals surface area contributed by atoms with Gasteiger partial charge >= 0.3 is 5.97 Å². The third-order valence-corrected chi connectivity index (χ3v) is 2.69. The van der Waals surface area contributed by atoms with Crippen LogP contribution in [0.25, 0.3) is 11.1 Å². The third kappa shape index (κ3) is 2.65. The molecule has 0 spiro atoms. The van der Waals surface area contributed by atoms with Gasteiger partial charge in [-0.1, -0.05) is 12.1 Å². The molecular formula is C14H14N2O3. The predicted molar refractivity (Wildman–Crippen MR) is 72.0 cm³/mol. The Morgan fingerprint density at radius 1 is 1.16 bits per heavy atom. The van der Waals surface area contributed by atoms with Crippen molar-refractivity contribution in [2.24, 2.45) is 0 Å². The number of carbonyl (C=O) groups excluding carboxylic acids is 1. The van der Waals surface area contributed by atoms with E-state index in [1.54, 1.807) is 24.4 Å². The van der Waals surface area contributed by atoms with Crippen LogP contribution in [-0.2, 0) is 4.74 Å². The lowest BCUT2D eigenvalue weighted by atomic mass is 10.1. The Hall–Kier alpha value is -2.56. The number of carbonyl (C=O) groups is 1. The standard InChI is InChI=1S/C14H14N2O3/c1-18-13-12(14(17)19-2)7-10(8-16-13)9-3-5-11(15)6-4-9/h3-8H,15H2,1-2H3. The molecule has 0 aliphatic carbocycles. The summed E-state index contributed by atoms with van der Waals surface area (Å²) in [6.07, 6.45) is 1.64. The van der Waals surface area contributed by atoms with Gasteiger partial charge < -0.3 is 15.2 Å². The summed E-state index contributed by atoms with van der Waals surface area (Å²) in [7, 11) is 2.77. The number of aromatic nitrogens is 1. The molecule has 2 N–H and O–H groups in total. The quantitative estimate of drug-likeness (QED) is 0.674. The Bertz CT molecular complexity index is 594. The van der Waals surface area contributed by atoms with Crippen LogP contribution in [0, 0.1) is 0 Å². The number of hydrogen-bond donors (Lipinski definition) is 1. The summed E-state index contributed by atoms with van der Waals surface area (Å²) in [5, 5.41) is 0. The maximum absolute atomic E-state index is 11.7. The van der Waals surface area contributed by atoms with Gasteiger partial charge in [-0.15, -0.1) is 0 Å². The highest BCUT2D eigenvalue weighted by atomic mass is 16.5. The first-order valence-corrected chi connectivity index (χ1v) is 5.64. The summed E-state index contributed by atoms with van der Waals surface area (Å²) in [5.41, 5.74) is 8.31. The van der Waals surface area contributed by atoms with E-state index in [1.807, 2.05) is 12.1 Å². The number of ether oxygens (including phenoxy) is 2. The van der Waals surface area contributed by atoms with Crippen LogP contribution < -0.4 is 10.5 Å². The molecule has 0 fully saturated rings. The molecule has 0 unspecified atom stereocenters. The van der Waals surface area contributed by atoms with E-state index < -0.39 is 5.97 Å². The lowest BCUT2D eigenvalue weighted by Crippen LogP contribution is -2.05. The van der Waals surface area contributed by atoms with Crippen LogP contribution in [0.1, 0.15) is 10.4 Å². The first-order chi connectivity index (χ1) is 9.15. The molecule has 98 valence electrons. The van der Waals surface area contributed by atoms with Crippen molar-refractivity contribution in [2.75, 3.05) is 20.0 Å². The van der Waals surface area contributed by atoms with Gasteiger partial charge in [0.05, 0.1) is 14.2 Å². The van der Waals surface area contributed by atoms with E-state index >= 15 is 0 Å². The number of nitrogens with two attached hydrogens (primary N) is 1. The number of pyridine rings is 1. The maximum Gasteiger partial charge on any atom is 0.343 e. The van der Waals surface area contributed by atoms with Crippen molar-refractivity contribution in [3.8, 4) is 17.0 Å². The highest BCUT2D eigenvalue weighted by Crippen LogP contribution is 2.25. The molecule has 0 saturated heterocycles. The number of benzene rings is 1. The topological polar surface area (TPSA) is 74.4 Å². The number of rotatable bonds is 3. The minimum absolute atomic E-state index is 0.242. The number of hydrogen-bond acceptors (Lipinski definition) is 5. The molecule has 0 aliphatic rings. The van der Waals surface area contributed by atoms with E-state index in [9.17, 15) is 4.79 Å². The maximum atomic E-state index is 11.7. The summed E-state index contributed by atoms with van der Waals surface area (Å²) in [6.45, 7) is 0. The predicted octanol–water partition coefficient (Wildman–Crippen LogP) is 2.13. The van der Waals surface area contributed by atoms with Gasteiger partial charge in [0.25, 0.3) is 0 Å². The van der Waals surface area contributed by atoms with E-state index in [0.717, 1.165) is 11.1 Å². The van der Waals surface area contributed by atoms with Gasteiger partial charge in [0, 0.05) is 17.4 Å². The third-order valence-electron chi connectivity index (χ3n) is 2.69. The van der Waals surface area contributed by atoms with E-state index in [4.69, 9.17) is 15.2 Å². The Morgan fingerprint density at radius 3 is 2.42 bits per heavy atom. The summed E-state index contributed by atoms with van der Waals surface area (Å²) in [4.78, 5) is 15.8. The van der Waals surface area contributed by atoms with Crippen molar-refractivity contribution in [2.45, 2.75) is 0 Å². The summed E-state index contributed by atoms with van der Waals surface area (Å²) in [5.74, 6) is -0.243. The first kappa shape index (κ1) is 12.9. The van der Waals surface area contributed by atoms with Gasteiger partial charge in [0.2, 0.25) is 5.88 Å². The van der Waals surface area contributed by atoms with E-state index in [0.29, 0.717) is 11.3 Å². The number of nitrogens with zero attached hydrogens (tertiary/aromatic N) is 1. The highest BCUT2D eigenvalue weighted by Gasteiger charge is 2.15. The molecule has 0 radical (unpaired) electrons. The molecule has 1 aromatic heterocycles. The van der Waals surface area contributed by atoms with Crippen LogP contribution in [0.15, 0.2) is 36.5 Å². The fraction of sp³-hybridized carbons (Fsp3) is 0.143. The average Bonchev–Trinajstić information content (AvgIpc) is 2.46. The van der Waals surface area contributed by atoms with E-state index in [1.165, 1.54) is 14.2 Å². The van der Waals surface area contributed by atoms with E-state index in [2.05, 4.69) is 4.98 Å². The minimum Gasteiger partial charge on any atom is -0.480 e. The molecule has 5 heteroatoms. The van der Waals surface area contributed by atoms with Crippen LogP contribution in [0.5, 0.6) is 5.88 Å². The molecule has 2 aromatic rings. The van der Waals surface area contributed by atoms with Gasteiger partial charge in [-0.25, -0.2) is 9.78 Å². The van der Waals surface area contributed by atoms with Crippen molar-refractivity contribution in [1.82, 2.24) is 4.98 Å². The number of anilines is 1. The van der Waals surface area contributed by atoms with Crippen molar-refractivity contribution in [3.63, 3.8) is 0 Å². The molecule has 19 heavy (non-hydrogen) atoms. The lowest BCUT2D eigenvalue weighted by molar-refractivity contribution is 0.0596. The van der Waals surface area contributed by atoms with Gasteiger partial charge in [0.15, 0.2) is 0 Å². The molecule has 0 bridgehead atoms. The van der Waals surface area contributed by atoms with Crippen LogP contribution >= 0.6 is 0 Å². The molecular weight excluding hydrogens is 244 g/mol. The number of methoxy groups -OCH3 is 2. The summed E-state index contributed by atoms with van der Waals surface area (Å²) >= 11 is 0. The SMILES string of the molecule is COC(=O)c1cc(-c2ccc(N)cc2)cnc1OC. The molecule has 0 amide bonds. The summed E-state index contributed by atoms with van der Waals surface area (Å²) < 4.78 is 9.76. The fourth-order valence-corrected chi connectivity index (χ4v) is 1.70. The summed E-state index contributed by atoms with van der Waals surface area (Å²) in [6, 6.07) is 8.98. The van der Waals surface area contributed by atoms with Crippen molar-refractivity contribution in [1.29, 1.82) is 0 Å². The van der Waals surface area contributed by atoms with Crippen LogP contribution in [-0.4, -0.2) is 25.2 Å². The number of esters is 1. The first-order valence-electron chi connectivity index (χ1n) is 5.64. The zero-order valence-corrected chi connectivity index (χ0v) is 10.7. The Labute approximate surface area is 111 Å². The fourth-order valence-electron chi connectivity index (χ4n) is 1.70. The smallest absolute Gasteiger partial charge is 0.343 e. The second-order valence-electron chi connectivity index (χ2n) is 3.89. The highest BCUT2D eigenvalue weighted by molar-refractivity contribution is 5.93. The largest absolute Gasteiger partial charge is 0.480 e. The molecule has 0 aliphatic heterocycles. The molecule has 2 rings (SSSR count). The zero-order valence-electron chi connectivity index (χ0n) is 10.7. The molecule has 0 atom stereocenters. The van der Waals surface area contributed by atoms with Crippen LogP contribution in [0.2, 0.25) is 0 Å². The normalized spacial score (nSPS) is 10.0. The van der Waals surface area contributed by atoms with Crippen molar-refractivity contribution in [3.05, 3.63) is 42.1 Å². The molecule has 1 aromatic carbocycles.